The highest BCUT2D eigenvalue weighted by molar-refractivity contribution is 5.50. The summed E-state index contributed by atoms with van der Waals surface area (Å²) in [6.45, 7) is 7.39. The zero-order valence-corrected chi connectivity index (χ0v) is 19.3. The lowest BCUT2D eigenvalue weighted by Gasteiger charge is -2.31. The van der Waals surface area contributed by atoms with Gasteiger partial charge in [0.25, 0.3) is 0 Å². The Kier molecular flexibility index (Phi) is 6.19. The standard InChI is InChI=1S/C27H35N3O/c1-5-20-9-7-8-10-23(20)26(30(4)6-2)21-12-14-25(28-18-21)29-27(15-16-27)22-13-11-19(3)24(31)17-22/h8,10-14,17-18,26,31H,5-7,9,15-16H2,1-4H3,(H,28,29). The lowest BCUT2D eigenvalue weighted by atomic mass is 9.87. The van der Waals surface area contributed by atoms with Crippen molar-refractivity contribution in [1.82, 2.24) is 9.88 Å². The van der Waals surface area contributed by atoms with Crippen LogP contribution >= 0.6 is 0 Å². The van der Waals surface area contributed by atoms with E-state index in [9.17, 15) is 5.11 Å². The molecule has 0 aliphatic heterocycles. The van der Waals surface area contributed by atoms with Gasteiger partial charge in [0, 0.05) is 6.20 Å². The molecule has 1 heterocycles. The number of likely N-dealkylation sites (N-methyl/N-ethyl adjacent to an activating group) is 1. The number of anilines is 1. The summed E-state index contributed by atoms with van der Waals surface area (Å²) in [4.78, 5) is 7.21. The molecule has 2 aromatic rings. The number of allylic oxidation sites excluding steroid dienone is 2. The van der Waals surface area contributed by atoms with Gasteiger partial charge in [-0.1, -0.05) is 49.8 Å². The van der Waals surface area contributed by atoms with Crippen LogP contribution in [0.5, 0.6) is 5.75 Å². The third kappa shape index (κ3) is 4.40. The van der Waals surface area contributed by atoms with Gasteiger partial charge in [-0.05, 0) is 87.0 Å². The Balaban J connectivity index is 1.58. The van der Waals surface area contributed by atoms with Crippen LogP contribution in [0.25, 0.3) is 0 Å². The molecule has 0 saturated heterocycles. The number of hydrogen-bond donors (Lipinski definition) is 2. The predicted octanol–water partition coefficient (Wildman–Crippen LogP) is 6.25. The molecule has 4 nitrogen and oxygen atoms in total. The van der Waals surface area contributed by atoms with Gasteiger partial charge in [-0.3, -0.25) is 4.90 Å². The number of rotatable bonds is 8. The average molecular weight is 418 g/mol. The summed E-state index contributed by atoms with van der Waals surface area (Å²) in [5, 5.41) is 13.8. The first-order chi connectivity index (χ1) is 15.0. The fourth-order valence-corrected chi connectivity index (χ4v) is 4.65. The number of benzene rings is 1. The third-order valence-corrected chi connectivity index (χ3v) is 6.96. The molecule has 1 atom stereocenters. The van der Waals surface area contributed by atoms with Crippen molar-refractivity contribution in [2.75, 3.05) is 18.9 Å². The zero-order chi connectivity index (χ0) is 22.0. The van der Waals surface area contributed by atoms with Gasteiger partial charge in [0.15, 0.2) is 0 Å². The molecule has 31 heavy (non-hydrogen) atoms. The molecule has 0 bridgehead atoms. The maximum atomic E-state index is 10.1. The van der Waals surface area contributed by atoms with Gasteiger partial charge in [-0.2, -0.15) is 0 Å². The molecule has 1 fully saturated rings. The maximum Gasteiger partial charge on any atom is 0.126 e. The quantitative estimate of drug-likeness (QED) is 0.533. The Morgan fingerprint density at radius 1 is 1.19 bits per heavy atom. The summed E-state index contributed by atoms with van der Waals surface area (Å²) in [5.74, 6) is 1.25. The number of aromatic hydroxyl groups is 1. The zero-order valence-electron chi connectivity index (χ0n) is 19.3. The van der Waals surface area contributed by atoms with Gasteiger partial charge < -0.3 is 10.4 Å². The van der Waals surface area contributed by atoms with Crippen LogP contribution in [0.1, 0.15) is 68.7 Å². The minimum atomic E-state index is -0.108. The Bertz CT molecular complexity index is 986. The number of phenolic OH excluding ortho intramolecular Hbond substituents is 1. The number of aromatic nitrogens is 1. The summed E-state index contributed by atoms with van der Waals surface area (Å²) >= 11 is 0. The van der Waals surface area contributed by atoms with Gasteiger partial charge in [0.2, 0.25) is 0 Å². The molecule has 2 aliphatic rings. The molecule has 4 heteroatoms. The number of aryl methyl sites for hydroxylation is 1. The average Bonchev–Trinajstić information content (AvgIpc) is 3.57. The molecule has 1 aromatic heterocycles. The van der Waals surface area contributed by atoms with Crippen LogP contribution in [0.3, 0.4) is 0 Å². The predicted molar refractivity (Wildman–Crippen MR) is 128 cm³/mol. The first-order valence-corrected chi connectivity index (χ1v) is 11.6. The van der Waals surface area contributed by atoms with E-state index in [1.54, 1.807) is 5.57 Å². The van der Waals surface area contributed by atoms with E-state index >= 15 is 0 Å². The highest BCUT2D eigenvalue weighted by Gasteiger charge is 2.45. The second-order valence-electron chi connectivity index (χ2n) is 9.01. The molecule has 2 aliphatic carbocycles. The molecule has 2 N–H and O–H groups in total. The topological polar surface area (TPSA) is 48.4 Å². The van der Waals surface area contributed by atoms with Crippen LogP contribution in [0.4, 0.5) is 5.82 Å². The van der Waals surface area contributed by atoms with Crippen LogP contribution in [-0.2, 0) is 5.54 Å². The fourth-order valence-electron chi connectivity index (χ4n) is 4.65. The first kappa shape index (κ1) is 21.6. The highest BCUT2D eigenvalue weighted by Crippen LogP contribution is 2.49. The minimum Gasteiger partial charge on any atom is -0.508 e. The van der Waals surface area contributed by atoms with E-state index in [0.717, 1.165) is 55.6 Å². The molecule has 1 saturated carbocycles. The molecule has 0 radical (unpaired) electrons. The van der Waals surface area contributed by atoms with Crippen molar-refractivity contribution in [1.29, 1.82) is 0 Å². The SMILES string of the molecule is CCC1=C(C(c2ccc(NC3(c4ccc(C)c(O)c4)CC3)nc2)N(C)CC)C=CCC1. The molecule has 1 unspecified atom stereocenters. The molecule has 4 rings (SSSR count). The summed E-state index contributed by atoms with van der Waals surface area (Å²) < 4.78 is 0. The van der Waals surface area contributed by atoms with Crippen molar-refractivity contribution in [2.24, 2.45) is 0 Å². The Morgan fingerprint density at radius 3 is 2.61 bits per heavy atom. The summed E-state index contributed by atoms with van der Waals surface area (Å²) in [5.41, 5.74) is 6.17. The summed E-state index contributed by atoms with van der Waals surface area (Å²) in [6.07, 6.45) is 12.2. The Labute approximate surface area is 186 Å². The van der Waals surface area contributed by atoms with Crippen LogP contribution < -0.4 is 5.32 Å². The van der Waals surface area contributed by atoms with Crippen LogP contribution in [0.15, 0.2) is 59.8 Å². The molecule has 1 aromatic carbocycles. The number of phenols is 1. The van der Waals surface area contributed by atoms with Gasteiger partial charge in [0.05, 0.1) is 11.6 Å². The number of hydrogen-bond acceptors (Lipinski definition) is 4. The largest absolute Gasteiger partial charge is 0.508 e. The Morgan fingerprint density at radius 2 is 2.00 bits per heavy atom. The third-order valence-electron chi connectivity index (χ3n) is 6.96. The smallest absolute Gasteiger partial charge is 0.126 e. The molecule has 0 spiro atoms. The monoisotopic (exact) mass is 417 g/mol. The highest BCUT2D eigenvalue weighted by atomic mass is 16.3. The van der Waals surface area contributed by atoms with E-state index in [1.165, 1.54) is 11.1 Å². The second kappa shape index (κ2) is 8.88. The lowest BCUT2D eigenvalue weighted by molar-refractivity contribution is 0.290. The fraction of sp³-hybridized carbons (Fsp3) is 0.444. The van der Waals surface area contributed by atoms with Gasteiger partial charge in [-0.15, -0.1) is 0 Å². The van der Waals surface area contributed by atoms with Gasteiger partial charge in [0.1, 0.15) is 11.6 Å². The number of nitrogens with zero attached hydrogens (tertiary/aromatic N) is 2. The van der Waals surface area contributed by atoms with Gasteiger partial charge in [-0.25, -0.2) is 4.98 Å². The van der Waals surface area contributed by atoms with Crippen molar-refractivity contribution in [3.05, 3.63) is 76.5 Å². The van der Waals surface area contributed by atoms with Crippen molar-refractivity contribution in [3.63, 3.8) is 0 Å². The molecule has 164 valence electrons. The van der Waals surface area contributed by atoms with Gasteiger partial charge >= 0.3 is 0 Å². The van der Waals surface area contributed by atoms with E-state index in [-0.39, 0.29) is 11.6 Å². The molecular weight excluding hydrogens is 382 g/mol. The van der Waals surface area contributed by atoms with Crippen molar-refractivity contribution < 1.29 is 5.11 Å². The summed E-state index contributed by atoms with van der Waals surface area (Å²) in [6, 6.07) is 10.6. The minimum absolute atomic E-state index is 0.108. The molecular formula is C27H35N3O. The van der Waals surface area contributed by atoms with Crippen molar-refractivity contribution in [3.8, 4) is 5.75 Å². The van der Waals surface area contributed by atoms with E-state index in [1.807, 2.05) is 25.3 Å². The Hall–Kier alpha value is -2.59. The summed E-state index contributed by atoms with van der Waals surface area (Å²) in [7, 11) is 2.20. The van der Waals surface area contributed by atoms with Crippen LogP contribution in [0, 0.1) is 6.92 Å². The number of pyridine rings is 1. The molecule has 0 amide bonds. The van der Waals surface area contributed by atoms with E-state index < -0.39 is 0 Å². The van der Waals surface area contributed by atoms with Crippen LogP contribution in [-0.4, -0.2) is 28.6 Å². The van der Waals surface area contributed by atoms with Crippen molar-refractivity contribution in [2.45, 2.75) is 64.5 Å². The first-order valence-electron chi connectivity index (χ1n) is 11.6. The van der Waals surface area contributed by atoms with E-state index in [4.69, 9.17) is 4.98 Å². The maximum absolute atomic E-state index is 10.1. The normalized spacial score (nSPS) is 18.4. The van der Waals surface area contributed by atoms with E-state index in [0.29, 0.717) is 5.75 Å². The van der Waals surface area contributed by atoms with Crippen molar-refractivity contribution >= 4 is 5.82 Å². The van der Waals surface area contributed by atoms with E-state index in [2.05, 4.69) is 61.5 Å². The lowest BCUT2D eigenvalue weighted by Crippen LogP contribution is -2.27. The number of nitrogens with one attached hydrogen (secondary N) is 1. The second-order valence-corrected chi connectivity index (χ2v) is 9.01. The van der Waals surface area contributed by atoms with Crippen LogP contribution in [0.2, 0.25) is 0 Å².